The van der Waals surface area contributed by atoms with Gasteiger partial charge in [-0.1, -0.05) is 0 Å². The van der Waals surface area contributed by atoms with Gasteiger partial charge in [-0.15, -0.1) is 0 Å². The first-order chi connectivity index (χ1) is 9.19. The Hall–Kier alpha value is -0.450. The second kappa shape index (κ2) is 5.51. The highest BCUT2D eigenvalue weighted by Gasteiger charge is 2.43. The molecule has 1 aliphatic carbocycles. The Morgan fingerprint density at radius 3 is 2.63 bits per heavy atom. The number of rotatable bonds is 2. The molecule has 2 heterocycles. The van der Waals surface area contributed by atoms with Gasteiger partial charge in [0.25, 0.3) is 0 Å². The lowest BCUT2D eigenvalue weighted by Crippen LogP contribution is -2.51. The number of hydrogen-bond donors (Lipinski definition) is 0. The smallest absolute Gasteiger partial charge is 0.133 e. The molecule has 2 aliphatic heterocycles. The van der Waals surface area contributed by atoms with Crippen LogP contribution in [0.3, 0.4) is 0 Å². The first-order valence-electron chi connectivity index (χ1n) is 7.64. The maximum absolute atomic E-state index is 11.4. The topological polar surface area (TPSA) is 38.8 Å². The molecule has 0 amide bonds. The maximum Gasteiger partial charge on any atom is 0.133 e. The van der Waals surface area contributed by atoms with Gasteiger partial charge in [0.05, 0.1) is 12.2 Å². The Labute approximate surface area is 115 Å². The predicted octanol–water partition coefficient (Wildman–Crippen LogP) is 1.77. The molecule has 108 valence electrons. The van der Waals surface area contributed by atoms with Gasteiger partial charge in [0.2, 0.25) is 0 Å². The van der Waals surface area contributed by atoms with Crippen molar-refractivity contribution in [3.63, 3.8) is 0 Å². The van der Waals surface area contributed by atoms with Gasteiger partial charge in [0.15, 0.2) is 0 Å². The van der Waals surface area contributed by atoms with Crippen molar-refractivity contribution in [2.45, 2.75) is 62.6 Å². The number of ketones is 1. The summed E-state index contributed by atoms with van der Waals surface area (Å²) in [5.74, 6) is 0.442. The molecule has 0 radical (unpaired) electrons. The maximum atomic E-state index is 11.4. The molecule has 1 saturated carbocycles. The normalized spacial score (nSPS) is 37.4. The standard InChI is InChI=1S/C15H25NO3/c1-16(12-2-4-14(17)5-3-12)13-6-8-19-15(10-13)7-9-18-11-15/h12-13H,2-11H2,1H3. The van der Waals surface area contributed by atoms with E-state index < -0.39 is 0 Å². The molecule has 2 atom stereocenters. The molecule has 0 aromatic rings. The predicted molar refractivity (Wildman–Crippen MR) is 72.2 cm³/mol. The number of hydrogen-bond acceptors (Lipinski definition) is 4. The summed E-state index contributed by atoms with van der Waals surface area (Å²) >= 11 is 0. The minimum Gasteiger partial charge on any atom is -0.378 e. The summed E-state index contributed by atoms with van der Waals surface area (Å²) in [6.45, 7) is 2.46. The molecule has 3 fully saturated rings. The molecular formula is C15H25NO3. The molecule has 19 heavy (non-hydrogen) atoms. The van der Waals surface area contributed by atoms with Crippen molar-refractivity contribution >= 4 is 5.78 Å². The van der Waals surface area contributed by atoms with Gasteiger partial charge in [0, 0.05) is 44.6 Å². The van der Waals surface area contributed by atoms with Gasteiger partial charge in [-0.3, -0.25) is 4.79 Å². The van der Waals surface area contributed by atoms with Crippen molar-refractivity contribution in [2.75, 3.05) is 26.9 Å². The lowest BCUT2D eigenvalue weighted by molar-refractivity contribution is -0.123. The monoisotopic (exact) mass is 267 g/mol. The van der Waals surface area contributed by atoms with Crippen molar-refractivity contribution in [1.29, 1.82) is 0 Å². The average molecular weight is 267 g/mol. The zero-order valence-corrected chi connectivity index (χ0v) is 11.9. The lowest BCUT2D eigenvalue weighted by atomic mass is 9.86. The minimum atomic E-state index is -0.0122. The number of carbonyl (C=O) groups is 1. The quantitative estimate of drug-likeness (QED) is 0.764. The summed E-state index contributed by atoms with van der Waals surface area (Å²) in [7, 11) is 2.24. The van der Waals surface area contributed by atoms with E-state index in [4.69, 9.17) is 9.47 Å². The highest BCUT2D eigenvalue weighted by molar-refractivity contribution is 5.79. The molecular weight excluding hydrogens is 242 g/mol. The van der Waals surface area contributed by atoms with E-state index in [0.29, 0.717) is 17.9 Å². The lowest BCUT2D eigenvalue weighted by Gasteiger charge is -2.44. The summed E-state index contributed by atoms with van der Waals surface area (Å²) < 4.78 is 11.5. The SMILES string of the molecule is CN(C1CCC(=O)CC1)C1CCOC2(CCOC2)C1. The van der Waals surface area contributed by atoms with Crippen LogP contribution in [0, 0.1) is 0 Å². The number of nitrogens with zero attached hydrogens (tertiary/aromatic N) is 1. The largest absolute Gasteiger partial charge is 0.378 e. The van der Waals surface area contributed by atoms with Gasteiger partial charge >= 0.3 is 0 Å². The number of Topliss-reactive ketones (excluding diaryl/α,β-unsaturated/α-hetero) is 1. The summed E-state index contributed by atoms with van der Waals surface area (Å²) in [6, 6.07) is 1.17. The zero-order chi connectivity index (χ0) is 13.3. The van der Waals surface area contributed by atoms with Gasteiger partial charge in [-0.2, -0.15) is 0 Å². The van der Waals surface area contributed by atoms with E-state index in [1.54, 1.807) is 0 Å². The van der Waals surface area contributed by atoms with Gasteiger partial charge < -0.3 is 14.4 Å². The van der Waals surface area contributed by atoms with Crippen LogP contribution in [-0.4, -0.2) is 55.2 Å². The Morgan fingerprint density at radius 1 is 1.16 bits per heavy atom. The number of carbonyl (C=O) groups excluding carboxylic acids is 1. The molecule has 4 nitrogen and oxygen atoms in total. The highest BCUT2D eigenvalue weighted by atomic mass is 16.6. The summed E-state index contributed by atoms with van der Waals surface area (Å²) in [4.78, 5) is 13.9. The van der Waals surface area contributed by atoms with E-state index >= 15 is 0 Å². The van der Waals surface area contributed by atoms with E-state index in [1.165, 1.54) is 0 Å². The van der Waals surface area contributed by atoms with Crippen LogP contribution in [0.5, 0.6) is 0 Å². The molecule has 0 N–H and O–H groups in total. The summed E-state index contributed by atoms with van der Waals surface area (Å²) in [5.41, 5.74) is -0.0122. The number of ether oxygens (including phenoxy) is 2. The fourth-order valence-corrected chi connectivity index (χ4v) is 3.84. The van der Waals surface area contributed by atoms with Crippen molar-refractivity contribution < 1.29 is 14.3 Å². The first kappa shape index (κ1) is 13.5. The van der Waals surface area contributed by atoms with Crippen molar-refractivity contribution in [3.05, 3.63) is 0 Å². The van der Waals surface area contributed by atoms with Gasteiger partial charge in [0.1, 0.15) is 5.78 Å². The van der Waals surface area contributed by atoms with E-state index in [1.807, 2.05) is 0 Å². The highest BCUT2D eigenvalue weighted by Crippen LogP contribution is 2.36. The second-order valence-electron chi connectivity index (χ2n) is 6.42. The molecule has 0 aromatic heterocycles. The van der Waals surface area contributed by atoms with Crippen LogP contribution >= 0.6 is 0 Å². The molecule has 2 unspecified atom stereocenters. The third-order valence-corrected chi connectivity index (χ3v) is 5.20. The summed E-state index contributed by atoms with van der Waals surface area (Å²) in [5, 5.41) is 0. The Kier molecular flexibility index (Phi) is 3.92. The first-order valence-corrected chi connectivity index (χ1v) is 7.64. The Bertz CT molecular complexity index is 328. The van der Waals surface area contributed by atoms with Crippen molar-refractivity contribution in [1.82, 2.24) is 4.90 Å². The van der Waals surface area contributed by atoms with Crippen molar-refractivity contribution in [2.24, 2.45) is 0 Å². The molecule has 3 aliphatic rings. The van der Waals surface area contributed by atoms with Gasteiger partial charge in [-0.05, 0) is 32.7 Å². The molecule has 1 spiro atoms. The molecule has 0 aromatic carbocycles. The van der Waals surface area contributed by atoms with E-state index in [-0.39, 0.29) is 5.60 Å². The average Bonchev–Trinajstić information content (AvgIpc) is 2.87. The third-order valence-electron chi connectivity index (χ3n) is 5.20. The third kappa shape index (κ3) is 2.86. The van der Waals surface area contributed by atoms with Crippen LogP contribution in [0.25, 0.3) is 0 Å². The van der Waals surface area contributed by atoms with E-state index in [9.17, 15) is 4.79 Å². The van der Waals surface area contributed by atoms with Crippen LogP contribution in [0.1, 0.15) is 44.9 Å². The van der Waals surface area contributed by atoms with Crippen LogP contribution in [0.2, 0.25) is 0 Å². The fourth-order valence-electron chi connectivity index (χ4n) is 3.84. The Balaban J connectivity index is 1.60. The fraction of sp³-hybridized carbons (Fsp3) is 0.933. The van der Waals surface area contributed by atoms with Crippen LogP contribution < -0.4 is 0 Å². The molecule has 2 saturated heterocycles. The van der Waals surface area contributed by atoms with Crippen LogP contribution in [0.4, 0.5) is 0 Å². The zero-order valence-electron chi connectivity index (χ0n) is 11.9. The van der Waals surface area contributed by atoms with Gasteiger partial charge in [-0.25, -0.2) is 0 Å². The minimum absolute atomic E-state index is 0.0122. The Morgan fingerprint density at radius 2 is 1.95 bits per heavy atom. The molecule has 0 bridgehead atoms. The van der Waals surface area contributed by atoms with Crippen LogP contribution in [0.15, 0.2) is 0 Å². The molecule has 3 rings (SSSR count). The second-order valence-corrected chi connectivity index (χ2v) is 6.42. The molecule has 4 heteroatoms. The summed E-state index contributed by atoms with van der Waals surface area (Å²) in [6.07, 6.45) is 6.86. The van der Waals surface area contributed by atoms with Crippen molar-refractivity contribution in [3.8, 4) is 0 Å². The van der Waals surface area contributed by atoms with E-state index in [0.717, 1.165) is 64.8 Å². The van der Waals surface area contributed by atoms with E-state index in [2.05, 4.69) is 11.9 Å². The van der Waals surface area contributed by atoms with Crippen LogP contribution in [-0.2, 0) is 14.3 Å².